The Bertz CT molecular complexity index is 1110. The van der Waals surface area contributed by atoms with E-state index in [-0.39, 0.29) is 35.9 Å². The van der Waals surface area contributed by atoms with Crippen molar-refractivity contribution in [2.45, 2.75) is 19.9 Å². The van der Waals surface area contributed by atoms with Gasteiger partial charge in [-0.2, -0.15) is 0 Å². The number of nitro groups is 1. The van der Waals surface area contributed by atoms with Crippen LogP contribution in [0.4, 0.5) is 16.2 Å². The summed E-state index contributed by atoms with van der Waals surface area (Å²) in [5.41, 5.74) is -0.0437. The number of nitrogens with one attached hydrogen (secondary N) is 1. The van der Waals surface area contributed by atoms with Gasteiger partial charge in [0.1, 0.15) is 5.70 Å². The molecule has 172 valence electrons. The number of nitro benzene ring substituents is 1. The largest absolute Gasteiger partial charge is 0.463 e. The number of hydrogen-bond donors (Lipinski definition) is 1. The van der Waals surface area contributed by atoms with Crippen molar-refractivity contribution >= 4 is 40.9 Å². The number of benzene rings is 2. The Kier molecular flexibility index (Phi) is 7.29. The predicted molar refractivity (Wildman–Crippen MR) is 119 cm³/mol. The zero-order valence-electron chi connectivity index (χ0n) is 17.7. The number of urea groups is 1. The van der Waals surface area contributed by atoms with Crippen molar-refractivity contribution in [3.63, 3.8) is 0 Å². The van der Waals surface area contributed by atoms with Gasteiger partial charge in [-0.3, -0.25) is 15.0 Å². The van der Waals surface area contributed by atoms with Gasteiger partial charge in [-0.25, -0.2) is 14.4 Å². The van der Waals surface area contributed by atoms with Gasteiger partial charge < -0.3 is 14.8 Å². The molecule has 10 nitrogen and oxygen atoms in total. The monoisotopic (exact) mass is 473 g/mol. The molecule has 3 rings (SSSR count). The number of amides is 2. The molecule has 1 atom stereocenters. The van der Waals surface area contributed by atoms with Crippen LogP contribution in [-0.2, 0) is 19.1 Å². The van der Waals surface area contributed by atoms with Crippen molar-refractivity contribution in [1.29, 1.82) is 0 Å². The van der Waals surface area contributed by atoms with E-state index < -0.39 is 28.9 Å². The van der Waals surface area contributed by atoms with E-state index in [4.69, 9.17) is 21.1 Å². The van der Waals surface area contributed by atoms with E-state index in [2.05, 4.69) is 5.32 Å². The second-order valence-electron chi connectivity index (χ2n) is 6.75. The summed E-state index contributed by atoms with van der Waals surface area (Å²) in [5, 5.41) is 14.1. The van der Waals surface area contributed by atoms with Gasteiger partial charge in [0.05, 0.1) is 35.4 Å². The fraction of sp³-hybridized carbons (Fsp3) is 0.227. The van der Waals surface area contributed by atoms with Gasteiger partial charge in [-0.15, -0.1) is 0 Å². The molecule has 33 heavy (non-hydrogen) atoms. The Morgan fingerprint density at radius 3 is 2.15 bits per heavy atom. The van der Waals surface area contributed by atoms with Gasteiger partial charge in [0.25, 0.3) is 5.69 Å². The minimum atomic E-state index is -1.11. The SMILES string of the molecule is CCOC(=O)C1=C(C(=O)OCC)N(c2ccc(Cl)cc2)C(=O)N[C@H]1c1ccc([N+](=O)[O-])cc1. The van der Waals surface area contributed by atoms with Crippen LogP contribution < -0.4 is 10.2 Å². The van der Waals surface area contributed by atoms with Crippen molar-refractivity contribution in [3.8, 4) is 0 Å². The third-order valence-corrected chi connectivity index (χ3v) is 4.98. The van der Waals surface area contributed by atoms with E-state index >= 15 is 0 Å². The van der Waals surface area contributed by atoms with Crippen LogP contribution in [-0.4, -0.2) is 36.1 Å². The third-order valence-electron chi connectivity index (χ3n) is 4.72. The lowest BCUT2D eigenvalue weighted by Crippen LogP contribution is -2.51. The van der Waals surface area contributed by atoms with Gasteiger partial charge in [0, 0.05) is 17.2 Å². The normalized spacial score (nSPS) is 15.7. The Hall–Kier alpha value is -3.92. The van der Waals surface area contributed by atoms with Crippen molar-refractivity contribution < 1.29 is 28.8 Å². The number of rotatable bonds is 7. The van der Waals surface area contributed by atoms with Crippen LogP contribution in [0.3, 0.4) is 0 Å². The van der Waals surface area contributed by atoms with Crippen molar-refractivity contribution in [2.24, 2.45) is 0 Å². The molecule has 0 radical (unpaired) electrons. The van der Waals surface area contributed by atoms with Gasteiger partial charge >= 0.3 is 18.0 Å². The lowest BCUT2D eigenvalue weighted by atomic mass is 9.94. The molecule has 1 heterocycles. The van der Waals surface area contributed by atoms with Gasteiger partial charge in [0.15, 0.2) is 0 Å². The maximum atomic E-state index is 13.2. The second kappa shape index (κ2) is 10.1. The molecule has 0 aromatic heterocycles. The number of ether oxygens (including phenoxy) is 2. The molecule has 2 aromatic rings. The highest BCUT2D eigenvalue weighted by Gasteiger charge is 2.42. The average molecular weight is 474 g/mol. The maximum absolute atomic E-state index is 13.2. The van der Waals surface area contributed by atoms with Crippen LogP contribution in [0.1, 0.15) is 25.5 Å². The quantitative estimate of drug-likeness (QED) is 0.367. The number of carbonyl (C=O) groups excluding carboxylic acids is 3. The highest BCUT2D eigenvalue weighted by atomic mass is 35.5. The van der Waals surface area contributed by atoms with Crippen molar-refractivity contribution in [1.82, 2.24) is 5.32 Å². The highest BCUT2D eigenvalue weighted by molar-refractivity contribution is 6.30. The molecule has 2 aromatic carbocycles. The summed E-state index contributed by atoms with van der Waals surface area (Å²) in [6, 6.07) is 9.51. The number of nitrogens with zero attached hydrogens (tertiary/aromatic N) is 2. The summed E-state index contributed by atoms with van der Waals surface area (Å²) >= 11 is 5.95. The van der Waals surface area contributed by atoms with Crippen LogP contribution in [0.25, 0.3) is 0 Å². The summed E-state index contributed by atoms with van der Waals surface area (Å²) in [7, 11) is 0. The molecule has 1 aliphatic heterocycles. The molecule has 0 spiro atoms. The van der Waals surface area contributed by atoms with Crippen LogP contribution in [0, 0.1) is 10.1 Å². The molecule has 1 N–H and O–H groups in total. The first kappa shape index (κ1) is 23.7. The highest BCUT2D eigenvalue weighted by Crippen LogP contribution is 2.35. The molecule has 0 aliphatic carbocycles. The van der Waals surface area contributed by atoms with Gasteiger partial charge in [-0.05, 0) is 55.8 Å². The number of non-ortho nitro benzene ring substituents is 1. The Balaban J connectivity index is 2.24. The van der Waals surface area contributed by atoms with Crippen molar-refractivity contribution in [2.75, 3.05) is 18.1 Å². The zero-order valence-corrected chi connectivity index (χ0v) is 18.5. The van der Waals surface area contributed by atoms with Crippen molar-refractivity contribution in [3.05, 3.63) is 80.5 Å². The Labute approximate surface area is 193 Å². The molecular formula is C22H20ClN3O7. The molecule has 2 amide bonds. The van der Waals surface area contributed by atoms with Crippen LogP contribution in [0.15, 0.2) is 59.8 Å². The molecule has 0 fully saturated rings. The number of esters is 2. The van der Waals surface area contributed by atoms with E-state index in [1.54, 1.807) is 13.8 Å². The molecule has 1 aliphatic rings. The molecule has 0 saturated carbocycles. The summed E-state index contributed by atoms with van der Waals surface area (Å²) in [6.45, 7) is 3.20. The zero-order chi connectivity index (χ0) is 24.1. The first-order valence-corrected chi connectivity index (χ1v) is 10.3. The van der Waals surface area contributed by atoms with Crippen LogP contribution >= 0.6 is 11.6 Å². The van der Waals surface area contributed by atoms with E-state index in [9.17, 15) is 24.5 Å². The van der Waals surface area contributed by atoms with E-state index in [0.717, 1.165) is 4.90 Å². The summed E-state index contributed by atoms with van der Waals surface area (Å²) in [5.74, 6) is -1.75. The van der Waals surface area contributed by atoms with Crippen LogP contribution in [0.5, 0.6) is 0 Å². The Morgan fingerprint density at radius 1 is 1.03 bits per heavy atom. The smallest absolute Gasteiger partial charge is 0.356 e. The minimum Gasteiger partial charge on any atom is -0.463 e. The second-order valence-corrected chi connectivity index (χ2v) is 7.18. The summed E-state index contributed by atoms with van der Waals surface area (Å²) in [4.78, 5) is 50.6. The molecule has 0 saturated heterocycles. The third kappa shape index (κ3) is 4.96. The molecule has 0 unspecified atom stereocenters. The number of carbonyl (C=O) groups is 3. The lowest BCUT2D eigenvalue weighted by molar-refractivity contribution is -0.384. The standard InChI is InChI=1S/C22H20ClN3O7/c1-3-32-20(27)17-18(13-5-9-16(10-6-13)26(30)31)24-22(29)25(19(17)21(28)33-4-2)15-11-7-14(23)8-12-15/h5-12,18H,3-4H2,1-2H3,(H,24,29)/t18-/m0/s1. The average Bonchev–Trinajstić information content (AvgIpc) is 2.79. The molecule has 0 bridgehead atoms. The summed E-state index contributed by atoms with van der Waals surface area (Å²) in [6.07, 6.45) is 0. The van der Waals surface area contributed by atoms with E-state index in [1.165, 1.54) is 48.5 Å². The minimum absolute atomic E-state index is 0.00326. The fourth-order valence-electron chi connectivity index (χ4n) is 3.32. The first-order valence-electron chi connectivity index (χ1n) is 9.97. The fourth-order valence-corrected chi connectivity index (χ4v) is 3.44. The van der Waals surface area contributed by atoms with Crippen LogP contribution in [0.2, 0.25) is 5.02 Å². The first-order chi connectivity index (χ1) is 15.8. The van der Waals surface area contributed by atoms with E-state index in [0.29, 0.717) is 10.6 Å². The van der Waals surface area contributed by atoms with Gasteiger partial charge in [-0.1, -0.05) is 11.6 Å². The Morgan fingerprint density at radius 2 is 1.61 bits per heavy atom. The number of hydrogen-bond acceptors (Lipinski definition) is 7. The lowest BCUT2D eigenvalue weighted by Gasteiger charge is -2.35. The number of anilines is 1. The van der Waals surface area contributed by atoms with E-state index in [1.807, 2.05) is 0 Å². The topological polar surface area (TPSA) is 128 Å². The predicted octanol–water partition coefficient (Wildman–Crippen LogP) is 3.90. The van der Waals surface area contributed by atoms with Gasteiger partial charge in [0.2, 0.25) is 0 Å². The number of halogens is 1. The molecule has 11 heteroatoms. The maximum Gasteiger partial charge on any atom is 0.356 e. The molecular weight excluding hydrogens is 454 g/mol. The summed E-state index contributed by atoms with van der Waals surface area (Å²) < 4.78 is 10.3.